The van der Waals surface area contributed by atoms with E-state index in [1.54, 1.807) is 18.2 Å². The van der Waals surface area contributed by atoms with E-state index >= 15 is 0 Å². The van der Waals surface area contributed by atoms with Gasteiger partial charge in [0, 0.05) is 19.6 Å². The Balaban J connectivity index is 1.22. The van der Waals surface area contributed by atoms with E-state index in [1.165, 1.54) is 31.0 Å². The fourth-order valence-electron chi connectivity index (χ4n) is 3.59. The highest BCUT2D eigenvalue weighted by Crippen LogP contribution is 2.21. The molecule has 0 saturated heterocycles. The molecule has 0 aliphatic heterocycles. The molecule has 0 heterocycles. The number of carbonyl (C=O) groups is 1. The minimum atomic E-state index is -0.712. The molecule has 2 aromatic rings. The lowest BCUT2D eigenvalue weighted by atomic mass is 10.2. The molecule has 2 aromatic carbocycles. The molecule has 1 amide bonds. The molecule has 0 aromatic heterocycles. The number of nitrogens with one attached hydrogen (secondary N) is 2. The minimum absolute atomic E-state index is 0.0137. The highest BCUT2D eigenvalue weighted by molar-refractivity contribution is 5.94. The van der Waals surface area contributed by atoms with Crippen LogP contribution in [0.4, 0.5) is 4.39 Å². The van der Waals surface area contributed by atoms with E-state index in [0.717, 1.165) is 18.6 Å². The lowest BCUT2D eigenvalue weighted by Gasteiger charge is -2.14. The molecular weight excluding hydrogens is 427 g/mol. The van der Waals surface area contributed by atoms with Crippen molar-refractivity contribution in [2.75, 3.05) is 39.5 Å². The van der Waals surface area contributed by atoms with Crippen LogP contribution in [0, 0.1) is 5.82 Å². The van der Waals surface area contributed by atoms with Gasteiger partial charge in [0.1, 0.15) is 36.6 Å². The molecule has 1 atom stereocenters. The third kappa shape index (κ3) is 9.00. The van der Waals surface area contributed by atoms with Crippen molar-refractivity contribution in [1.29, 1.82) is 0 Å². The Labute approximate surface area is 194 Å². The summed E-state index contributed by atoms with van der Waals surface area (Å²) < 4.78 is 30.6. The van der Waals surface area contributed by atoms with Crippen LogP contribution in [-0.4, -0.2) is 62.7 Å². The molecule has 0 spiro atoms. The second kappa shape index (κ2) is 13.8. The SMILES string of the molecule is O=C(NCCNCC(O)COc1ccc(OCCOC2CCCC2)cc1)c1ccccc1F. The molecule has 1 unspecified atom stereocenters. The van der Waals surface area contributed by atoms with Crippen molar-refractivity contribution in [3.8, 4) is 11.5 Å². The number of benzene rings is 2. The molecular formula is C25H33FN2O5. The first-order valence-corrected chi connectivity index (χ1v) is 11.5. The summed E-state index contributed by atoms with van der Waals surface area (Å²) in [5, 5.41) is 15.7. The smallest absolute Gasteiger partial charge is 0.254 e. The summed E-state index contributed by atoms with van der Waals surface area (Å²) in [6.45, 7) is 2.29. The van der Waals surface area contributed by atoms with Crippen LogP contribution in [0.3, 0.4) is 0 Å². The normalized spacial score (nSPS) is 14.7. The maximum atomic E-state index is 13.6. The standard InChI is InChI=1S/C25H33FN2O5/c26-24-8-4-3-7-23(24)25(30)28-14-13-27-17-19(29)18-33-22-11-9-21(10-12-22)32-16-15-31-20-5-1-2-6-20/h3-4,7-12,19-20,27,29H,1-2,5-6,13-18H2,(H,28,30). The van der Waals surface area contributed by atoms with E-state index < -0.39 is 17.8 Å². The third-order valence-electron chi connectivity index (χ3n) is 5.36. The average Bonchev–Trinajstić information content (AvgIpc) is 3.35. The van der Waals surface area contributed by atoms with Crippen molar-refractivity contribution >= 4 is 5.91 Å². The number of ether oxygens (including phenoxy) is 3. The number of hydrogen-bond acceptors (Lipinski definition) is 6. The molecule has 0 bridgehead atoms. The number of halogens is 1. The van der Waals surface area contributed by atoms with Crippen LogP contribution in [0.1, 0.15) is 36.0 Å². The molecule has 33 heavy (non-hydrogen) atoms. The molecule has 8 heteroatoms. The molecule has 7 nitrogen and oxygen atoms in total. The first-order chi connectivity index (χ1) is 16.1. The van der Waals surface area contributed by atoms with Gasteiger partial charge in [-0.15, -0.1) is 0 Å². The quantitative estimate of drug-likeness (QED) is 0.376. The maximum absolute atomic E-state index is 13.6. The van der Waals surface area contributed by atoms with Gasteiger partial charge in [0.25, 0.3) is 5.91 Å². The molecule has 1 saturated carbocycles. The Kier molecular flexibility index (Phi) is 10.4. The van der Waals surface area contributed by atoms with Crippen LogP contribution >= 0.6 is 0 Å². The van der Waals surface area contributed by atoms with Gasteiger partial charge >= 0.3 is 0 Å². The van der Waals surface area contributed by atoms with E-state index in [-0.39, 0.29) is 12.2 Å². The Morgan fingerprint density at radius 1 is 1.00 bits per heavy atom. The second-order valence-corrected chi connectivity index (χ2v) is 8.00. The minimum Gasteiger partial charge on any atom is -0.491 e. The van der Waals surface area contributed by atoms with Crippen LogP contribution in [0.15, 0.2) is 48.5 Å². The van der Waals surface area contributed by atoms with Crippen LogP contribution in [-0.2, 0) is 4.74 Å². The number of aliphatic hydroxyl groups excluding tert-OH is 1. The largest absolute Gasteiger partial charge is 0.491 e. The van der Waals surface area contributed by atoms with E-state index in [9.17, 15) is 14.3 Å². The van der Waals surface area contributed by atoms with Gasteiger partial charge in [-0.25, -0.2) is 4.39 Å². The summed E-state index contributed by atoms with van der Waals surface area (Å²) in [6.07, 6.45) is 4.50. The first kappa shape index (κ1) is 25.0. The fraction of sp³-hybridized carbons (Fsp3) is 0.480. The van der Waals surface area contributed by atoms with Gasteiger partial charge in [-0.05, 0) is 49.2 Å². The summed E-state index contributed by atoms with van der Waals surface area (Å²) in [4.78, 5) is 11.9. The van der Waals surface area contributed by atoms with Crippen LogP contribution < -0.4 is 20.1 Å². The summed E-state index contributed by atoms with van der Waals surface area (Å²) >= 11 is 0. The van der Waals surface area contributed by atoms with Gasteiger partial charge in [-0.3, -0.25) is 4.79 Å². The third-order valence-corrected chi connectivity index (χ3v) is 5.36. The van der Waals surface area contributed by atoms with E-state index in [2.05, 4.69) is 10.6 Å². The summed E-state index contributed by atoms with van der Waals surface area (Å²) in [5.41, 5.74) is 0.0137. The van der Waals surface area contributed by atoms with Crippen molar-refractivity contribution in [3.05, 3.63) is 59.9 Å². The molecule has 3 N–H and O–H groups in total. The summed E-state index contributed by atoms with van der Waals surface area (Å²) in [6, 6.07) is 13.1. The zero-order valence-electron chi connectivity index (χ0n) is 18.8. The predicted molar refractivity (Wildman–Crippen MR) is 123 cm³/mol. The number of aliphatic hydroxyl groups is 1. The van der Waals surface area contributed by atoms with Gasteiger partial charge < -0.3 is 30.0 Å². The molecule has 3 rings (SSSR count). The summed E-state index contributed by atoms with van der Waals surface area (Å²) in [7, 11) is 0. The molecule has 1 aliphatic carbocycles. The van der Waals surface area contributed by atoms with E-state index in [1.807, 2.05) is 12.1 Å². The van der Waals surface area contributed by atoms with E-state index in [4.69, 9.17) is 14.2 Å². The van der Waals surface area contributed by atoms with Crippen molar-refractivity contribution in [2.24, 2.45) is 0 Å². The zero-order chi connectivity index (χ0) is 23.3. The Bertz CT molecular complexity index is 843. The average molecular weight is 461 g/mol. The second-order valence-electron chi connectivity index (χ2n) is 8.00. The highest BCUT2D eigenvalue weighted by Gasteiger charge is 2.15. The zero-order valence-corrected chi connectivity index (χ0v) is 18.8. The number of rotatable bonds is 14. The number of hydrogen-bond donors (Lipinski definition) is 3. The molecule has 1 aliphatic rings. The van der Waals surface area contributed by atoms with Crippen LogP contribution in [0.2, 0.25) is 0 Å². The Morgan fingerprint density at radius 2 is 1.70 bits per heavy atom. The maximum Gasteiger partial charge on any atom is 0.254 e. The molecule has 0 radical (unpaired) electrons. The summed E-state index contributed by atoms with van der Waals surface area (Å²) in [5.74, 6) is 0.369. The Hall–Kier alpha value is -2.68. The van der Waals surface area contributed by atoms with Gasteiger partial charge in [0.15, 0.2) is 0 Å². The number of amides is 1. The first-order valence-electron chi connectivity index (χ1n) is 11.5. The topological polar surface area (TPSA) is 89.1 Å². The van der Waals surface area contributed by atoms with Gasteiger partial charge in [-0.2, -0.15) is 0 Å². The monoisotopic (exact) mass is 460 g/mol. The van der Waals surface area contributed by atoms with E-state index in [0.29, 0.717) is 44.7 Å². The van der Waals surface area contributed by atoms with Crippen LogP contribution in [0.5, 0.6) is 11.5 Å². The van der Waals surface area contributed by atoms with Crippen molar-refractivity contribution < 1.29 is 28.5 Å². The van der Waals surface area contributed by atoms with Gasteiger partial charge in [0.05, 0.1) is 18.3 Å². The number of carbonyl (C=O) groups excluding carboxylic acids is 1. The molecule has 1 fully saturated rings. The molecule has 180 valence electrons. The lowest BCUT2D eigenvalue weighted by molar-refractivity contribution is 0.0382. The highest BCUT2D eigenvalue weighted by atomic mass is 19.1. The predicted octanol–water partition coefficient (Wildman–Crippen LogP) is 2.92. The lowest BCUT2D eigenvalue weighted by Crippen LogP contribution is -2.37. The van der Waals surface area contributed by atoms with Crippen molar-refractivity contribution in [1.82, 2.24) is 10.6 Å². The Morgan fingerprint density at radius 3 is 2.42 bits per heavy atom. The van der Waals surface area contributed by atoms with Crippen molar-refractivity contribution in [2.45, 2.75) is 37.9 Å². The van der Waals surface area contributed by atoms with Gasteiger partial charge in [-0.1, -0.05) is 25.0 Å². The van der Waals surface area contributed by atoms with Crippen molar-refractivity contribution in [3.63, 3.8) is 0 Å². The van der Waals surface area contributed by atoms with Crippen LogP contribution in [0.25, 0.3) is 0 Å². The fourth-order valence-corrected chi connectivity index (χ4v) is 3.59. The van der Waals surface area contributed by atoms with Gasteiger partial charge in [0.2, 0.25) is 0 Å².